The molecule has 0 atom stereocenters. The molecule has 0 heterocycles. The number of hydrogen-bond donors (Lipinski definition) is 2. The van der Waals surface area contributed by atoms with Crippen LogP contribution in [-0.2, 0) is 0 Å². The SMILES string of the molecule is CCCOc1cccc(N(CCO)CCO)c1[N+](=O)[O-]. The predicted octanol–water partition coefficient (Wildman–Crippen LogP) is 1.17. The van der Waals surface area contributed by atoms with Gasteiger partial charge in [0.1, 0.15) is 5.69 Å². The van der Waals surface area contributed by atoms with Crippen LogP contribution in [-0.4, -0.2) is 48.0 Å². The maximum Gasteiger partial charge on any atom is 0.333 e. The van der Waals surface area contributed by atoms with Gasteiger partial charge >= 0.3 is 5.69 Å². The Labute approximate surface area is 117 Å². The summed E-state index contributed by atoms with van der Waals surface area (Å²) >= 11 is 0. The molecule has 0 spiro atoms. The van der Waals surface area contributed by atoms with Crippen LogP contribution in [0.1, 0.15) is 13.3 Å². The molecular formula is C13H20N2O5. The molecule has 0 radical (unpaired) electrons. The van der Waals surface area contributed by atoms with Gasteiger partial charge in [0.15, 0.2) is 5.75 Å². The van der Waals surface area contributed by atoms with Gasteiger partial charge in [-0.3, -0.25) is 10.1 Å². The molecule has 7 heteroatoms. The lowest BCUT2D eigenvalue weighted by Crippen LogP contribution is -2.30. The fourth-order valence-electron chi connectivity index (χ4n) is 1.87. The average molecular weight is 284 g/mol. The van der Waals surface area contributed by atoms with Gasteiger partial charge in [-0.2, -0.15) is 0 Å². The maximum absolute atomic E-state index is 11.3. The summed E-state index contributed by atoms with van der Waals surface area (Å²) in [5.74, 6) is 0.204. The first-order chi connectivity index (χ1) is 9.65. The zero-order valence-electron chi connectivity index (χ0n) is 11.5. The fourth-order valence-corrected chi connectivity index (χ4v) is 1.87. The number of benzene rings is 1. The molecule has 0 aliphatic rings. The van der Waals surface area contributed by atoms with Gasteiger partial charge in [0.2, 0.25) is 0 Å². The summed E-state index contributed by atoms with van der Waals surface area (Å²) < 4.78 is 5.40. The predicted molar refractivity (Wildman–Crippen MR) is 75.3 cm³/mol. The normalized spacial score (nSPS) is 10.3. The van der Waals surface area contributed by atoms with E-state index < -0.39 is 4.92 Å². The van der Waals surface area contributed by atoms with Gasteiger partial charge < -0.3 is 19.8 Å². The van der Waals surface area contributed by atoms with Crippen LogP contribution in [0.2, 0.25) is 0 Å². The van der Waals surface area contributed by atoms with E-state index in [9.17, 15) is 10.1 Å². The Kier molecular flexibility index (Phi) is 6.75. The van der Waals surface area contributed by atoms with E-state index in [1.165, 1.54) is 0 Å². The van der Waals surface area contributed by atoms with E-state index in [2.05, 4.69) is 0 Å². The van der Waals surface area contributed by atoms with Crippen molar-refractivity contribution in [1.82, 2.24) is 0 Å². The summed E-state index contributed by atoms with van der Waals surface area (Å²) in [7, 11) is 0. The second-order valence-corrected chi connectivity index (χ2v) is 4.16. The van der Waals surface area contributed by atoms with Crippen molar-refractivity contribution >= 4 is 11.4 Å². The number of hydrogen-bond acceptors (Lipinski definition) is 6. The van der Waals surface area contributed by atoms with Crippen LogP contribution in [0.15, 0.2) is 18.2 Å². The van der Waals surface area contributed by atoms with E-state index in [1.54, 1.807) is 23.1 Å². The van der Waals surface area contributed by atoms with Crippen LogP contribution in [0.4, 0.5) is 11.4 Å². The highest BCUT2D eigenvalue weighted by Crippen LogP contribution is 2.37. The van der Waals surface area contributed by atoms with Crippen LogP contribution in [0, 0.1) is 10.1 Å². The second-order valence-electron chi connectivity index (χ2n) is 4.16. The van der Waals surface area contributed by atoms with Crippen molar-refractivity contribution in [2.24, 2.45) is 0 Å². The molecule has 0 saturated heterocycles. The number of ether oxygens (including phenoxy) is 1. The van der Waals surface area contributed by atoms with Crippen molar-refractivity contribution in [2.45, 2.75) is 13.3 Å². The quantitative estimate of drug-likeness (QED) is 0.522. The van der Waals surface area contributed by atoms with Gasteiger partial charge in [-0.15, -0.1) is 0 Å². The van der Waals surface area contributed by atoms with Crippen LogP contribution in [0.5, 0.6) is 5.75 Å². The fraction of sp³-hybridized carbons (Fsp3) is 0.538. The summed E-state index contributed by atoms with van der Waals surface area (Å²) in [6, 6.07) is 4.80. The number of aliphatic hydroxyl groups excluding tert-OH is 2. The highest BCUT2D eigenvalue weighted by atomic mass is 16.6. The molecular weight excluding hydrogens is 264 g/mol. The Bertz CT molecular complexity index is 433. The topological polar surface area (TPSA) is 96.1 Å². The third kappa shape index (κ3) is 4.07. The van der Waals surface area contributed by atoms with Gasteiger partial charge in [0, 0.05) is 13.1 Å². The van der Waals surface area contributed by atoms with Gasteiger partial charge in [-0.25, -0.2) is 0 Å². The first-order valence-corrected chi connectivity index (χ1v) is 6.52. The van der Waals surface area contributed by atoms with Crippen LogP contribution < -0.4 is 9.64 Å². The first-order valence-electron chi connectivity index (χ1n) is 6.52. The van der Waals surface area contributed by atoms with Gasteiger partial charge in [-0.05, 0) is 18.6 Å². The van der Waals surface area contributed by atoms with Crippen molar-refractivity contribution in [1.29, 1.82) is 0 Å². The van der Waals surface area contributed by atoms with Crippen molar-refractivity contribution in [3.63, 3.8) is 0 Å². The van der Waals surface area contributed by atoms with Gasteiger partial charge in [-0.1, -0.05) is 13.0 Å². The smallest absolute Gasteiger partial charge is 0.333 e. The number of aliphatic hydroxyl groups is 2. The minimum atomic E-state index is -0.498. The zero-order valence-corrected chi connectivity index (χ0v) is 11.5. The number of nitro groups is 1. The van der Waals surface area contributed by atoms with Gasteiger partial charge in [0.05, 0.1) is 24.7 Å². The average Bonchev–Trinajstić information content (AvgIpc) is 2.44. The standard InChI is InChI=1S/C13H20N2O5/c1-2-10-20-12-5-3-4-11(13(12)15(18)19)14(6-8-16)7-9-17/h3-5,16-17H,2,6-10H2,1H3. The Balaban J connectivity index is 3.18. The molecule has 0 amide bonds. The molecule has 0 fully saturated rings. The van der Waals surface area contributed by atoms with Crippen molar-refractivity contribution in [3.05, 3.63) is 28.3 Å². The molecule has 0 bridgehead atoms. The molecule has 0 aromatic heterocycles. The van der Waals surface area contributed by atoms with E-state index in [1.807, 2.05) is 6.92 Å². The van der Waals surface area contributed by atoms with E-state index in [0.717, 1.165) is 6.42 Å². The summed E-state index contributed by atoms with van der Waals surface area (Å²) in [6.07, 6.45) is 0.748. The zero-order chi connectivity index (χ0) is 15.0. The molecule has 1 aromatic rings. The van der Waals surface area contributed by atoms with Gasteiger partial charge in [0.25, 0.3) is 0 Å². The number of rotatable bonds is 9. The molecule has 0 saturated carbocycles. The summed E-state index contributed by atoms with van der Waals surface area (Å²) in [6.45, 7) is 2.41. The Morgan fingerprint density at radius 2 is 1.95 bits per heavy atom. The highest BCUT2D eigenvalue weighted by Gasteiger charge is 2.24. The lowest BCUT2D eigenvalue weighted by Gasteiger charge is -2.23. The van der Waals surface area contributed by atoms with E-state index in [-0.39, 0.29) is 37.7 Å². The molecule has 0 unspecified atom stereocenters. The molecule has 0 aliphatic carbocycles. The minimum absolute atomic E-state index is 0.136. The number of nitro benzene ring substituents is 1. The molecule has 7 nitrogen and oxygen atoms in total. The maximum atomic E-state index is 11.3. The number of para-hydroxylation sites is 1. The van der Waals surface area contributed by atoms with Crippen molar-refractivity contribution < 1.29 is 19.9 Å². The molecule has 112 valence electrons. The minimum Gasteiger partial charge on any atom is -0.487 e. The van der Waals surface area contributed by atoms with Crippen LogP contribution in [0.25, 0.3) is 0 Å². The number of anilines is 1. The molecule has 1 rings (SSSR count). The molecule has 2 N–H and O–H groups in total. The highest BCUT2D eigenvalue weighted by molar-refractivity contribution is 5.69. The first kappa shape index (κ1) is 16.2. The third-order valence-corrected chi connectivity index (χ3v) is 2.70. The molecule has 0 aliphatic heterocycles. The second kappa shape index (κ2) is 8.34. The van der Waals surface area contributed by atoms with Crippen molar-refractivity contribution in [2.75, 3.05) is 37.8 Å². The molecule has 20 heavy (non-hydrogen) atoms. The summed E-state index contributed by atoms with van der Waals surface area (Å²) in [5, 5.41) is 29.4. The largest absolute Gasteiger partial charge is 0.487 e. The van der Waals surface area contributed by atoms with E-state index in [0.29, 0.717) is 12.3 Å². The summed E-state index contributed by atoms with van der Waals surface area (Å²) in [5.41, 5.74) is 0.203. The monoisotopic (exact) mass is 284 g/mol. The Hall–Kier alpha value is -1.86. The van der Waals surface area contributed by atoms with Crippen molar-refractivity contribution in [3.8, 4) is 5.75 Å². The molecule has 1 aromatic carbocycles. The van der Waals surface area contributed by atoms with Crippen LogP contribution >= 0.6 is 0 Å². The lowest BCUT2D eigenvalue weighted by atomic mass is 10.2. The number of nitrogens with zero attached hydrogens (tertiary/aromatic N) is 2. The van der Waals surface area contributed by atoms with E-state index >= 15 is 0 Å². The van der Waals surface area contributed by atoms with Crippen LogP contribution in [0.3, 0.4) is 0 Å². The Morgan fingerprint density at radius 3 is 2.45 bits per heavy atom. The third-order valence-electron chi connectivity index (χ3n) is 2.70. The van der Waals surface area contributed by atoms with E-state index in [4.69, 9.17) is 14.9 Å². The summed E-state index contributed by atoms with van der Waals surface area (Å²) in [4.78, 5) is 12.4. The Morgan fingerprint density at radius 1 is 1.30 bits per heavy atom. The lowest BCUT2D eigenvalue weighted by molar-refractivity contribution is -0.385.